The summed E-state index contributed by atoms with van der Waals surface area (Å²) in [7, 11) is 0. The molecule has 0 unspecified atom stereocenters. The molecule has 1 N–H and O–H groups in total. The van der Waals surface area contributed by atoms with Crippen molar-refractivity contribution >= 4 is 21.4 Å². The Morgan fingerprint density at radius 2 is 1.87 bits per heavy atom. The molecule has 2 heterocycles. The molecule has 121 valence electrons. The number of nitrogens with zero attached hydrogens (tertiary/aromatic N) is 1. The third kappa shape index (κ3) is 6.11. The van der Waals surface area contributed by atoms with Crippen LogP contribution in [0.1, 0.15) is 13.8 Å². The number of hydrogen-bond donors (Lipinski definition) is 1. The quantitative estimate of drug-likeness (QED) is 0.283. The SMILES string of the molecule is [CH-]=C(C)/C=C(/C)O.[Ir].[c-]1c(-c2ccccn2)sc2ccccc12. The standard InChI is InChI=1S/C13H8NS.C6H9O.Ir/c1-2-7-12-10(5-1)9-13(15-12)11-6-3-4-8-14-11;1-5(2)4-6(3)7;/h1-8H;1,4,7H,2-3H3;/q2*-1;/b;6-4-;. The van der Waals surface area contributed by atoms with E-state index in [2.05, 4.69) is 29.2 Å². The average Bonchev–Trinajstić information content (AvgIpc) is 2.91. The van der Waals surface area contributed by atoms with E-state index < -0.39 is 0 Å². The summed E-state index contributed by atoms with van der Waals surface area (Å²) in [5, 5.41) is 9.65. The molecule has 3 rings (SSSR count). The van der Waals surface area contributed by atoms with Crippen molar-refractivity contribution in [3.8, 4) is 10.6 Å². The number of allylic oxidation sites excluding steroid dienone is 3. The number of hydrogen-bond acceptors (Lipinski definition) is 3. The fourth-order valence-electron chi connectivity index (χ4n) is 1.86. The van der Waals surface area contributed by atoms with Crippen LogP contribution in [0.25, 0.3) is 20.7 Å². The maximum Gasteiger partial charge on any atom is 0.0161 e. The van der Waals surface area contributed by atoms with E-state index in [4.69, 9.17) is 11.7 Å². The Bertz CT molecular complexity index is 756. The zero-order chi connectivity index (χ0) is 15.9. The van der Waals surface area contributed by atoms with E-state index in [0.29, 0.717) is 5.57 Å². The van der Waals surface area contributed by atoms with Gasteiger partial charge in [-0.25, -0.2) is 16.9 Å². The normalized spacial score (nSPS) is 10.4. The molecule has 0 aliphatic heterocycles. The molecule has 1 aromatic carbocycles. The van der Waals surface area contributed by atoms with Gasteiger partial charge in [-0.05, 0) is 22.6 Å². The molecule has 0 bridgehead atoms. The summed E-state index contributed by atoms with van der Waals surface area (Å²) in [5.41, 5.74) is 1.62. The Morgan fingerprint density at radius 3 is 2.39 bits per heavy atom. The van der Waals surface area contributed by atoms with Crippen LogP contribution < -0.4 is 0 Å². The second-order valence-electron chi connectivity index (χ2n) is 4.80. The molecule has 0 aliphatic carbocycles. The van der Waals surface area contributed by atoms with Gasteiger partial charge < -0.3 is 10.1 Å². The summed E-state index contributed by atoms with van der Waals surface area (Å²) < 4.78 is 1.26. The third-order valence-electron chi connectivity index (χ3n) is 2.68. The predicted octanol–water partition coefficient (Wildman–Crippen LogP) is 5.59. The van der Waals surface area contributed by atoms with E-state index in [1.807, 2.05) is 30.5 Å². The van der Waals surface area contributed by atoms with E-state index in [9.17, 15) is 0 Å². The first-order valence-corrected chi connectivity index (χ1v) is 7.66. The summed E-state index contributed by atoms with van der Waals surface area (Å²) in [6, 6.07) is 17.6. The molecule has 1 radical (unpaired) electrons. The number of aliphatic hydroxyl groups is 1. The van der Waals surface area contributed by atoms with Crippen LogP contribution in [0, 0.1) is 12.6 Å². The topological polar surface area (TPSA) is 33.1 Å². The van der Waals surface area contributed by atoms with Gasteiger partial charge in [-0.1, -0.05) is 31.2 Å². The number of benzene rings is 1. The van der Waals surface area contributed by atoms with Crippen molar-refractivity contribution in [1.29, 1.82) is 0 Å². The molecule has 0 spiro atoms. The molecule has 2 aromatic heterocycles. The van der Waals surface area contributed by atoms with Gasteiger partial charge in [0.15, 0.2) is 0 Å². The van der Waals surface area contributed by atoms with Crippen LogP contribution in [-0.4, -0.2) is 10.1 Å². The zero-order valence-corrected chi connectivity index (χ0v) is 16.1. The van der Waals surface area contributed by atoms with E-state index in [-0.39, 0.29) is 25.9 Å². The average molecular weight is 500 g/mol. The van der Waals surface area contributed by atoms with Crippen LogP contribution in [0.4, 0.5) is 0 Å². The summed E-state index contributed by atoms with van der Waals surface area (Å²) in [6.45, 7) is 8.48. The summed E-state index contributed by atoms with van der Waals surface area (Å²) in [4.78, 5) is 5.43. The Balaban J connectivity index is 0.000000287. The van der Waals surface area contributed by atoms with Crippen molar-refractivity contribution in [2.45, 2.75) is 13.8 Å². The molecular formula is C19H17IrNOS-2. The first-order valence-electron chi connectivity index (χ1n) is 6.85. The number of aliphatic hydroxyl groups excluding tert-OH is 1. The molecule has 0 saturated carbocycles. The number of fused-ring (bicyclic) bond motifs is 1. The van der Waals surface area contributed by atoms with E-state index in [1.165, 1.54) is 16.2 Å². The number of thiophene rings is 1. The second kappa shape index (κ2) is 9.41. The van der Waals surface area contributed by atoms with Crippen molar-refractivity contribution in [1.82, 2.24) is 4.98 Å². The second-order valence-corrected chi connectivity index (χ2v) is 5.85. The van der Waals surface area contributed by atoms with Crippen LogP contribution in [0.3, 0.4) is 0 Å². The van der Waals surface area contributed by atoms with Crippen molar-refractivity contribution in [2.75, 3.05) is 0 Å². The summed E-state index contributed by atoms with van der Waals surface area (Å²) >= 11 is 1.73. The van der Waals surface area contributed by atoms with Crippen LogP contribution in [-0.2, 0) is 20.1 Å². The van der Waals surface area contributed by atoms with Gasteiger partial charge in [0.25, 0.3) is 0 Å². The third-order valence-corrected chi connectivity index (χ3v) is 3.77. The van der Waals surface area contributed by atoms with Gasteiger partial charge in [-0.15, -0.1) is 23.6 Å². The molecule has 3 aromatic rings. The minimum Gasteiger partial charge on any atom is -0.531 e. The van der Waals surface area contributed by atoms with E-state index in [0.717, 1.165) is 10.6 Å². The van der Waals surface area contributed by atoms with E-state index >= 15 is 0 Å². The molecule has 0 aliphatic rings. The van der Waals surface area contributed by atoms with Gasteiger partial charge >= 0.3 is 0 Å². The van der Waals surface area contributed by atoms with Gasteiger partial charge in [0.2, 0.25) is 0 Å². The fourth-order valence-corrected chi connectivity index (χ4v) is 2.84. The van der Waals surface area contributed by atoms with Crippen molar-refractivity contribution in [3.05, 3.63) is 78.7 Å². The first kappa shape index (κ1) is 19.3. The van der Waals surface area contributed by atoms with Gasteiger partial charge in [-0.2, -0.15) is 6.08 Å². The molecule has 4 heteroatoms. The van der Waals surface area contributed by atoms with Crippen LogP contribution in [0.5, 0.6) is 0 Å². The Kier molecular flexibility index (Phi) is 7.90. The Morgan fingerprint density at radius 1 is 1.17 bits per heavy atom. The van der Waals surface area contributed by atoms with Crippen molar-refractivity contribution < 1.29 is 25.2 Å². The van der Waals surface area contributed by atoms with Crippen LogP contribution in [0.2, 0.25) is 0 Å². The molecule has 0 fully saturated rings. The number of rotatable bonds is 2. The summed E-state index contributed by atoms with van der Waals surface area (Å²) in [5.74, 6) is 0.250. The maximum atomic E-state index is 8.48. The molecule has 2 nitrogen and oxygen atoms in total. The predicted molar refractivity (Wildman–Crippen MR) is 93.8 cm³/mol. The molecule has 0 amide bonds. The minimum absolute atomic E-state index is 0. The molecule has 23 heavy (non-hydrogen) atoms. The first-order chi connectivity index (χ1) is 10.6. The molecule has 0 saturated heterocycles. The van der Waals surface area contributed by atoms with Crippen molar-refractivity contribution in [2.24, 2.45) is 0 Å². The Hall–Kier alpha value is -1.74. The van der Waals surface area contributed by atoms with Crippen LogP contribution >= 0.6 is 11.3 Å². The Labute approximate surface area is 154 Å². The smallest absolute Gasteiger partial charge is 0.0161 e. The van der Waals surface area contributed by atoms with E-state index in [1.54, 1.807) is 25.2 Å². The number of aromatic nitrogens is 1. The van der Waals surface area contributed by atoms with Gasteiger partial charge in [-0.3, -0.25) is 6.58 Å². The van der Waals surface area contributed by atoms with Crippen molar-refractivity contribution in [3.63, 3.8) is 0 Å². The minimum atomic E-state index is 0. The van der Waals surface area contributed by atoms with Gasteiger partial charge in [0.1, 0.15) is 0 Å². The number of pyridine rings is 1. The monoisotopic (exact) mass is 500 g/mol. The van der Waals surface area contributed by atoms with Gasteiger partial charge in [0, 0.05) is 37.8 Å². The zero-order valence-electron chi connectivity index (χ0n) is 12.9. The van der Waals surface area contributed by atoms with Crippen LogP contribution in [0.15, 0.2) is 66.1 Å². The summed E-state index contributed by atoms with van der Waals surface area (Å²) in [6.07, 6.45) is 3.31. The largest absolute Gasteiger partial charge is 0.531 e. The fraction of sp³-hybridized carbons (Fsp3) is 0.105. The molecular weight excluding hydrogens is 482 g/mol. The maximum absolute atomic E-state index is 8.48. The van der Waals surface area contributed by atoms with Gasteiger partial charge in [0.05, 0.1) is 0 Å². The molecule has 0 atom stereocenters.